The van der Waals surface area contributed by atoms with E-state index in [1.54, 1.807) is 11.9 Å². The third-order valence-corrected chi connectivity index (χ3v) is 4.25. The van der Waals surface area contributed by atoms with Crippen LogP contribution in [-0.2, 0) is 4.79 Å². The van der Waals surface area contributed by atoms with Gasteiger partial charge < -0.3 is 15.0 Å². The van der Waals surface area contributed by atoms with Crippen LogP contribution in [0.3, 0.4) is 0 Å². The first-order valence-electron chi connectivity index (χ1n) is 6.75. The lowest BCUT2D eigenvalue weighted by Gasteiger charge is -2.25. The molecule has 122 valence electrons. The van der Waals surface area contributed by atoms with Crippen molar-refractivity contribution in [3.8, 4) is 5.75 Å². The van der Waals surface area contributed by atoms with Gasteiger partial charge in [0.15, 0.2) is 0 Å². The zero-order valence-electron chi connectivity index (χ0n) is 11.9. The molecular formula is C15H12BrF3N2O2. The molecule has 1 unspecified atom stereocenters. The number of nitrogens with zero attached hydrogens (tertiary/aromatic N) is 1. The molecule has 2 aliphatic rings. The number of amides is 1. The number of carbonyl (C=O) groups is 1. The number of nitrogens with one attached hydrogen (secondary N) is 1. The molecular weight excluding hydrogens is 377 g/mol. The molecule has 1 aliphatic heterocycles. The molecule has 0 aromatic heterocycles. The molecule has 0 spiro atoms. The molecule has 0 saturated carbocycles. The topological polar surface area (TPSA) is 41.6 Å². The van der Waals surface area contributed by atoms with Crippen LogP contribution in [0.2, 0.25) is 0 Å². The van der Waals surface area contributed by atoms with Crippen LogP contribution in [0, 0.1) is 0 Å². The molecule has 1 atom stereocenters. The predicted octanol–water partition coefficient (Wildman–Crippen LogP) is 3.95. The maximum Gasteiger partial charge on any atom is 0.573 e. The fourth-order valence-electron chi connectivity index (χ4n) is 2.62. The summed E-state index contributed by atoms with van der Waals surface area (Å²) < 4.78 is 41.0. The number of likely N-dealkylation sites (N-methyl/N-ethyl adjacent to an activating group) is 1. The highest BCUT2D eigenvalue weighted by Gasteiger charge is 2.32. The molecule has 1 aromatic carbocycles. The van der Waals surface area contributed by atoms with Crippen molar-refractivity contribution in [2.24, 2.45) is 0 Å². The summed E-state index contributed by atoms with van der Waals surface area (Å²) in [6.45, 7) is 0. The Morgan fingerprint density at radius 2 is 2.13 bits per heavy atom. The monoisotopic (exact) mass is 388 g/mol. The van der Waals surface area contributed by atoms with Crippen molar-refractivity contribution >= 4 is 33.2 Å². The molecule has 1 N–H and O–H groups in total. The smallest absolute Gasteiger partial charge is 0.406 e. The van der Waals surface area contributed by atoms with E-state index < -0.39 is 6.36 Å². The van der Waals surface area contributed by atoms with E-state index in [-0.39, 0.29) is 22.2 Å². The van der Waals surface area contributed by atoms with Crippen molar-refractivity contribution in [3.63, 3.8) is 0 Å². The summed E-state index contributed by atoms with van der Waals surface area (Å²) >= 11 is 3.44. The maximum absolute atomic E-state index is 12.4. The van der Waals surface area contributed by atoms with Gasteiger partial charge in [-0.1, -0.05) is 22.0 Å². The fourth-order valence-corrected chi connectivity index (χ4v) is 3.10. The van der Waals surface area contributed by atoms with Crippen molar-refractivity contribution in [1.82, 2.24) is 0 Å². The first-order chi connectivity index (χ1) is 10.7. The molecule has 4 nitrogen and oxygen atoms in total. The highest BCUT2D eigenvalue weighted by atomic mass is 79.9. The van der Waals surface area contributed by atoms with Gasteiger partial charge >= 0.3 is 6.36 Å². The number of ether oxygens (including phenoxy) is 1. The average Bonchev–Trinajstić information content (AvgIpc) is 2.53. The Labute approximate surface area is 138 Å². The summed E-state index contributed by atoms with van der Waals surface area (Å²) in [4.78, 5) is 14.2. The fraction of sp³-hybridized carbons (Fsp3) is 0.267. The van der Waals surface area contributed by atoms with Gasteiger partial charge in [-0.05, 0) is 24.6 Å². The van der Waals surface area contributed by atoms with Crippen LogP contribution < -0.4 is 15.0 Å². The van der Waals surface area contributed by atoms with Gasteiger partial charge in [-0.3, -0.25) is 4.79 Å². The van der Waals surface area contributed by atoms with E-state index in [0.717, 1.165) is 5.70 Å². The Morgan fingerprint density at radius 3 is 2.83 bits per heavy atom. The minimum absolute atomic E-state index is 0.0470. The summed E-state index contributed by atoms with van der Waals surface area (Å²) in [5.74, 6) is -0.706. The zero-order chi connectivity index (χ0) is 16.8. The van der Waals surface area contributed by atoms with Gasteiger partial charge in [0.1, 0.15) is 5.75 Å². The lowest BCUT2D eigenvalue weighted by atomic mass is 10.0. The van der Waals surface area contributed by atoms with Gasteiger partial charge in [-0.2, -0.15) is 0 Å². The number of rotatable bonds is 1. The SMILES string of the molecule is CN1C2=C(CC(Br)C=C2)C(=O)Nc2cc(OC(F)(F)F)ccc21. The van der Waals surface area contributed by atoms with Crippen LogP contribution in [0.15, 0.2) is 41.6 Å². The van der Waals surface area contributed by atoms with E-state index in [9.17, 15) is 18.0 Å². The lowest BCUT2D eigenvalue weighted by Crippen LogP contribution is -2.22. The second-order valence-corrected chi connectivity index (χ2v) is 6.36. The summed E-state index contributed by atoms with van der Waals surface area (Å²) in [6.07, 6.45) is -0.526. The summed E-state index contributed by atoms with van der Waals surface area (Å²) in [5, 5.41) is 2.66. The maximum atomic E-state index is 12.4. The van der Waals surface area contributed by atoms with Gasteiger partial charge in [0.2, 0.25) is 0 Å². The van der Waals surface area contributed by atoms with E-state index in [1.807, 2.05) is 12.2 Å². The molecule has 8 heteroatoms. The minimum atomic E-state index is -4.78. The quantitative estimate of drug-likeness (QED) is 0.740. The van der Waals surface area contributed by atoms with Gasteiger partial charge in [0, 0.05) is 29.2 Å². The molecule has 1 aromatic rings. The highest BCUT2D eigenvalue weighted by Crippen LogP contribution is 2.39. The van der Waals surface area contributed by atoms with Crippen molar-refractivity contribution in [2.45, 2.75) is 17.6 Å². The molecule has 0 bridgehead atoms. The molecule has 23 heavy (non-hydrogen) atoms. The molecule has 3 rings (SSSR count). The van der Waals surface area contributed by atoms with Crippen LogP contribution in [0.1, 0.15) is 6.42 Å². The number of fused-ring (bicyclic) bond motifs is 1. The number of halogens is 4. The Kier molecular flexibility index (Phi) is 3.87. The molecule has 0 saturated heterocycles. The highest BCUT2D eigenvalue weighted by molar-refractivity contribution is 9.09. The van der Waals surface area contributed by atoms with Crippen molar-refractivity contribution in [1.29, 1.82) is 0 Å². The van der Waals surface area contributed by atoms with E-state index in [1.165, 1.54) is 18.2 Å². The van der Waals surface area contributed by atoms with E-state index in [2.05, 4.69) is 26.0 Å². The van der Waals surface area contributed by atoms with E-state index in [0.29, 0.717) is 17.7 Å². The van der Waals surface area contributed by atoms with Crippen molar-refractivity contribution in [3.05, 3.63) is 41.6 Å². The van der Waals surface area contributed by atoms with E-state index >= 15 is 0 Å². The number of hydrogen-bond donors (Lipinski definition) is 1. The number of hydrogen-bond acceptors (Lipinski definition) is 3. The normalized spacial score (nSPS) is 20.7. The predicted molar refractivity (Wildman–Crippen MR) is 83.7 cm³/mol. The van der Waals surface area contributed by atoms with Gasteiger partial charge in [0.25, 0.3) is 5.91 Å². The number of anilines is 2. The van der Waals surface area contributed by atoms with Gasteiger partial charge in [-0.25, -0.2) is 0 Å². The Bertz CT molecular complexity index is 728. The second-order valence-electron chi connectivity index (χ2n) is 5.18. The first-order valence-corrected chi connectivity index (χ1v) is 7.66. The van der Waals surface area contributed by atoms with Crippen molar-refractivity contribution < 1.29 is 22.7 Å². The molecule has 1 amide bonds. The Morgan fingerprint density at radius 1 is 1.39 bits per heavy atom. The van der Waals surface area contributed by atoms with Crippen LogP contribution in [0.25, 0.3) is 0 Å². The molecule has 1 aliphatic carbocycles. The Hall–Kier alpha value is -1.96. The van der Waals surface area contributed by atoms with Crippen LogP contribution in [0.5, 0.6) is 5.75 Å². The number of alkyl halides is 4. The minimum Gasteiger partial charge on any atom is -0.406 e. The second kappa shape index (κ2) is 5.59. The van der Waals surface area contributed by atoms with E-state index in [4.69, 9.17) is 0 Å². The third kappa shape index (κ3) is 3.21. The van der Waals surface area contributed by atoms with Crippen molar-refractivity contribution in [2.75, 3.05) is 17.3 Å². The third-order valence-electron chi connectivity index (χ3n) is 3.62. The number of allylic oxidation sites excluding steroid dienone is 2. The molecule has 1 heterocycles. The first kappa shape index (κ1) is 15.9. The number of benzene rings is 1. The Balaban J connectivity index is 2.00. The summed E-state index contributed by atoms with van der Waals surface area (Å²) in [7, 11) is 1.76. The standard InChI is InChI=1S/C15H12BrF3N2O2/c1-21-12-4-2-8(16)6-10(12)14(22)20-11-7-9(3-5-13(11)21)23-15(17,18)19/h2-5,7-8H,6H2,1H3,(H,20,22). The van der Waals surface area contributed by atoms with Crippen LogP contribution in [0.4, 0.5) is 24.5 Å². The summed E-state index contributed by atoms with van der Waals surface area (Å²) in [6, 6.07) is 3.88. The van der Waals surface area contributed by atoms with Crippen LogP contribution >= 0.6 is 15.9 Å². The van der Waals surface area contributed by atoms with Gasteiger partial charge in [0.05, 0.1) is 11.4 Å². The number of carbonyl (C=O) groups excluding carboxylic acids is 1. The lowest BCUT2D eigenvalue weighted by molar-refractivity contribution is -0.274. The van der Waals surface area contributed by atoms with Crippen LogP contribution in [-0.4, -0.2) is 24.1 Å². The zero-order valence-corrected chi connectivity index (χ0v) is 13.5. The summed E-state index contributed by atoms with van der Waals surface area (Å²) in [5.41, 5.74) is 2.16. The molecule has 0 fully saturated rings. The molecule has 0 radical (unpaired) electrons. The van der Waals surface area contributed by atoms with Gasteiger partial charge in [-0.15, -0.1) is 13.2 Å². The average molecular weight is 389 g/mol. The largest absolute Gasteiger partial charge is 0.573 e.